The lowest BCUT2D eigenvalue weighted by molar-refractivity contribution is 0.474. The van der Waals surface area contributed by atoms with Crippen molar-refractivity contribution < 1.29 is 5.11 Å². The lowest BCUT2D eigenvalue weighted by Crippen LogP contribution is -2.09. The van der Waals surface area contributed by atoms with Gasteiger partial charge in [0.15, 0.2) is 0 Å². The summed E-state index contributed by atoms with van der Waals surface area (Å²) in [5.41, 5.74) is 0.645. The molecular weight excluding hydrogens is 280 g/mol. The van der Waals surface area contributed by atoms with E-state index >= 15 is 0 Å². The second-order valence-corrected chi connectivity index (χ2v) is 5.90. The van der Waals surface area contributed by atoms with Gasteiger partial charge in [-0.3, -0.25) is 4.79 Å². The first-order valence-electron chi connectivity index (χ1n) is 5.60. The van der Waals surface area contributed by atoms with E-state index in [4.69, 9.17) is 0 Å². The van der Waals surface area contributed by atoms with Gasteiger partial charge >= 0.3 is 0 Å². The average molecular weight is 290 g/mol. The Kier molecular flexibility index (Phi) is 3.27. The molecule has 96 valence electrons. The van der Waals surface area contributed by atoms with E-state index in [0.717, 1.165) is 10.4 Å². The number of hydrogen-bond acceptors (Lipinski definition) is 5. The molecule has 6 heteroatoms. The van der Waals surface area contributed by atoms with E-state index in [9.17, 15) is 9.90 Å². The van der Waals surface area contributed by atoms with Gasteiger partial charge in [0.1, 0.15) is 16.3 Å². The summed E-state index contributed by atoms with van der Waals surface area (Å²) < 4.78 is 0.658. The fraction of sp³-hybridized carbons (Fsp3) is 0.0769. The van der Waals surface area contributed by atoms with Crippen LogP contribution in [0.1, 0.15) is 5.82 Å². The Labute approximate surface area is 117 Å². The topological polar surface area (TPSA) is 66.0 Å². The molecule has 3 aromatic rings. The molecule has 0 bridgehead atoms. The summed E-state index contributed by atoms with van der Waals surface area (Å²) >= 11 is 2.91. The first kappa shape index (κ1) is 12.3. The molecule has 0 aliphatic rings. The smallest absolute Gasteiger partial charge is 0.268 e. The molecule has 1 aromatic carbocycles. The second-order valence-electron chi connectivity index (χ2n) is 3.93. The van der Waals surface area contributed by atoms with Crippen LogP contribution in [0.4, 0.5) is 0 Å². The first-order chi connectivity index (χ1) is 9.22. The third-order valence-electron chi connectivity index (χ3n) is 2.56. The number of fused-ring (bicyclic) bond motifs is 1. The maximum absolute atomic E-state index is 11.8. The number of H-pyrrole nitrogens is 1. The summed E-state index contributed by atoms with van der Waals surface area (Å²) in [7, 11) is 0. The predicted molar refractivity (Wildman–Crippen MR) is 77.9 cm³/mol. The van der Waals surface area contributed by atoms with E-state index in [-0.39, 0.29) is 11.3 Å². The fourth-order valence-corrected chi connectivity index (χ4v) is 3.26. The van der Waals surface area contributed by atoms with Crippen molar-refractivity contribution in [3.05, 3.63) is 51.9 Å². The predicted octanol–water partition coefficient (Wildman–Crippen LogP) is 2.98. The van der Waals surface area contributed by atoms with Crippen LogP contribution in [0.15, 0.2) is 45.4 Å². The lowest BCUT2D eigenvalue weighted by Gasteiger charge is -2.02. The number of thioether (sulfide) groups is 1. The van der Waals surface area contributed by atoms with E-state index < -0.39 is 0 Å². The van der Waals surface area contributed by atoms with Gasteiger partial charge in [0.2, 0.25) is 0 Å². The normalized spacial score (nSPS) is 10.9. The number of aromatic nitrogens is 2. The number of rotatable bonds is 3. The summed E-state index contributed by atoms with van der Waals surface area (Å²) in [5, 5.41) is 11.2. The Morgan fingerprint density at radius 2 is 2.26 bits per heavy atom. The van der Waals surface area contributed by atoms with Crippen LogP contribution in [0.5, 0.6) is 5.75 Å². The summed E-state index contributed by atoms with van der Waals surface area (Å²) in [4.78, 5) is 19.9. The zero-order valence-corrected chi connectivity index (χ0v) is 11.4. The molecule has 19 heavy (non-hydrogen) atoms. The molecule has 0 amide bonds. The minimum absolute atomic E-state index is 0.0912. The van der Waals surface area contributed by atoms with Crippen LogP contribution in [0.25, 0.3) is 10.2 Å². The lowest BCUT2D eigenvalue weighted by atomic mass is 10.3. The minimum Gasteiger partial charge on any atom is -0.508 e. The standard InChI is InChI=1S/C13H10N2O2S2/c16-8-2-1-3-9(6-8)19-7-11-14-10-4-5-18-12(10)13(17)15-11/h1-6,16H,7H2,(H,14,15,17). The number of benzene rings is 1. The molecule has 2 aromatic heterocycles. The molecule has 0 aliphatic carbocycles. The van der Waals surface area contributed by atoms with Gasteiger partial charge in [-0.15, -0.1) is 23.1 Å². The Bertz CT molecular complexity index is 779. The van der Waals surface area contributed by atoms with Crippen molar-refractivity contribution in [1.82, 2.24) is 9.97 Å². The van der Waals surface area contributed by atoms with Crippen LogP contribution in [-0.2, 0) is 5.75 Å². The van der Waals surface area contributed by atoms with Crippen molar-refractivity contribution in [1.29, 1.82) is 0 Å². The number of hydrogen-bond donors (Lipinski definition) is 2. The van der Waals surface area contributed by atoms with Crippen molar-refractivity contribution in [2.45, 2.75) is 10.6 Å². The summed E-state index contributed by atoms with van der Waals surface area (Å²) in [5.74, 6) is 1.44. The van der Waals surface area contributed by atoms with E-state index in [0.29, 0.717) is 16.3 Å². The highest BCUT2D eigenvalue weighted by Crippen LogP contribution is 2.24. The third kappa shape index (κ3) is 2.64. The number of aromatic hydroxyl groups is 1. The summed E-state index contributed by atoms with van der Waals surface area (Å²) in [6, 6.07) is 8.85. The number of phenolic OH excluding ortho intramolecular Hbond substituents is 1. The summed E-state index contributed by atoms with van der Waals surface area (Å²) in [6.45, 7) is 0. The minimum atomic E-state index is -0.0912. The van der Waals surface area contributed by atoms with E-state index in [1.807, 2.05) is 17.5 Å². The highest BCUT2D eigenvalue weighted by atomic mass is 32.2. The van der Waals surface area contributed by atoms with Crippen LogP contribution in [-0.4, -0.2) is 15.1 Å². The van der Waals surface area contributed by atoms with Gasteiger partial charge in [0.25, 0.3) is 5.56 Å². The Morgan fingerprint density at radius 3 is 3.11 bits per heavy atom. The first-order valence-corrected chi connectivity index (χ1v) is 7.47. The van der Waals surface area contributed by atoms with Crippen LogP contribution in [0, 0.1) is 0 Å². The number of thiophene rings is 1. The van der Waals surface area contributed by atoms with Crippen LogP contribution in [0.3, 0.4) is 0 Å². The van der Waals surface area contributed by atoms with Crippen molar-refractivity contribution in [3.63, 3.8) is 0 Å². The van der Waals surface area contributed by atoms with Crippen LogP contribution >= 0.6 is 23.1 Å². The van der Waals surface area contributed by atoms with E-state index in [2.05, 4.69) is 9.97 Å². The second kappa shape index (κ2) is 5.07. The molecule has 0 spiro atoms. The maximum Gasteiger partial charge on any atom is 0.268 e. The monoisotopic (exact) mass is 290 g/mol. The zero-order valence-electron chi connectivity index (χ0n) is 9.79. The number of nitrogens with one attached hydrogen (secondary N) is 1. The van der Waals surface area contributed by atoms with Gasteiger partial charge in [-0.05, 0) is 29.6 Å². The molecule has 0 atom stereocenters. The molecule has 0 aliphatic heterocycles. The largest absolute Gasteiger partial charge is 0.508 e. The van der Waals surface area contributed by atoms with Crippen LogP contribution < -0.4 is 5.56 Å². The molecule has 3 rings (SSSR count). The molecule has 0 unspecified atom stereocenters. The molecule has 0 fully saturated rings. The molecule has 0 radical (unpaired) electrons. The zero-order chi connectivity index (χ0) is 13.2. The highest BCUT2D eigenvalue weighted by molar-refractivity contribution is 7.98. The molecule has 2 N–H and O–H groups in total. The van der Waals surface area contributed by atoms with Crippen molar-refractivity contribution in [2.75, 3.05) is 0 Å². The van der Waals surface area contributed by atoms with Gasteiger partial charge < -0.3 is 10.1 Å². The number of phenols is 1. The maximum atomic E-state index is 11.8. The van der Waals surface area contributed by atoms with E-state index in [1.54, 1.807) is 18.2 Å². The molecule has 0 saturated carbocycles. The van der Waals surface area contributed by atoms with Gasteiger partial charge in [-0.25, -0.2) is 4.98 Å². The van der Waals surface area contributed by atoms with Crippen LogP contribution in [0.2, 0.25) is 0 Å². The Morgan fingerprint density at radius 1 is 1.37 bits per heavy atom. The molecule has 0 saturated heterocycles. The molecule has 2 heterocycles. The van der Waals surface area contributed by atoms with Crippen molar-refractivity contribution in [3.8, 4) is 5.75 Å². The third-order valence-corrected chi connectivity index (χ3v) is 4.46. The van der Waals surface area contributed by atoms with Crippen molar-refractivity contribution in [2.24, 2.45) is 0 Å². The summed E-state index contributed by atoms with van der Waals surface area (Å²) in [6.07, 6.45) is 0. The molecular formula is C13H10N2O2S2. The van der Waals surface area contributed by atoms with Gasteiger partial charge in [0, 0.05) is 4.90 Å². The van der Waals surface area contributed by atoms with Gasteiger partial charge in [0.05, 0.1) is 11.3 Å². The van der Waals surface area contributed by atoms with E-state index in [1.165, 1.54) is 23.1 Å². The quantitative estimate of drug-likeness (QED) is 0.728. The Hall–Kier alpha value is -1.79. The Balaban J connectivity index is 1.83. The number of aromatic amines is 1. The molecule has 4 nitrogen and oxygen atoms in total. The highest BCUT2D eigenvalue weighted by Gasteiger charge is 2.05. The fourth-order valence-electron chi connectivity index (χ4n) is 1.71. The average Bonchev–Trinajstić information content (AvgIpc) is 2.85. The number of nitrogens with zero attached hydrogens (tertiary/aromatic N) is 1. The van der Waals surface area contributed by atoms with Gasteiger partial charge in [-0.1, -0.05) is 6.07 Å². The SMILES string of the molecule is O=c1[nH]c(CSc2cccc(O)c2)nc2ccsc12. The van der Waals surface area contributed by atoms with Gasteiger partial charge in [-0.2, -0.15) is 0 Å². The van der Waals surface area contributed by atoms with Crippen molar-refractivity contribution >= 4 is 33.3 Å².